The first-order valence-corrected chi connectivity index (χ1v) is 8.12. The molecule has 1 aliphatic carbocycles. The average molecular weight is 301 g/mol. The van der Waals surface area contributed by atoms with E-state index in [1.807, 2.05) is 6.07 Å². The standard InChI is InChI=1S/C22H23N/c1-14-12-13-19(17(4)16(14)3)22(23)21-10-6-5-9-20(21)18-11-7-8-15(18)2/h5-10,12-13,23H,11H2,1-4H3. The summed E-state index contributed by atoms with van der Waals surface area (Å²) in [6.45, 7) is 8.54. The summed E-state index contributed by atoms with van der Waals surface area (Å²) < 4.78 is 0. The number of aryl methyl sites for hydroxylation is 1. The maximum absolute atomic E-state index is 8.81. The number of benzene rings is 2. The van der Waals surface area contributed by atoms with Crippen LogP contribution in [-0.4, -0.2) is 5.71 Å². The second-order valence-corrected chi connectivity index (χ2v) is 6.37. The van der Waals surface area contributed by atoms with E-state index in [0.29, 0.717) is 5.71 Å². The minimum Gasteiger partial charge on any atom is -0.300 e. The number of hydrogen-bond acceptors (Lipinski definition) is 1. The molecule has 0 saturated heterocycles. The molecule has 23 heavy (non-hydrogen) atoms. The molecule has 0 fully saturated rings. The van der Waals surface area contributed by atoms with Gasteiger partial charge in [-0.2, -0.15) is 0 Å². The molecule has 0 unspecified atom stereocenters. The molecular formula is C22H23N. The largest absolute Gasteiger partial charge is 0.300 e. The summed E-state index contributed by atoms with van der Waals surface area (Å²) in [7, 11) is 0. The van der Waals surface area contributed by atoms with Gasteiger partial charge in [0.25, 0.3) is 0 Å². The maximum atomic E-state index is 8.81. The minimum atomic E-state index is 0.619. The van der Waals surface area contributed by atoms with Gasteiger partial charge in [0.1, 0.15) is 0 Å². The van der Waals surface area contributed by atoms with Gasteiger partial charge in [0.05, 0.1) is 5.71 Å². The van der Waals surface area contributed by atoms with Gasteiger partial charge in [-0.1, -0.05) is 48.6 Å². The van der Waals surface area contributed by atoms with Crippen molar-refractivity contribution >= 4 is 11.3 Å². The number of nitrogens with one attached hydrogen (secondary N) is 1. The zero-order valence-electron chi connectivity index (χ0n) is 14.3. The SMILES string of the molecule is CC1=C(c2ccccc2C(=N)c2ccc(C)c(C)c2C)CC=C1. The smallest absolute Gasteiger partial charge is 0.0693 e. The van der Waals surface area contributed by atoms with Crippen molar-refractivity contribution in [1.82, 2.24) is 0 Å². The van der Waals surface area contributed by atoms with Crippen molar-refractivity contribution in [3.8, 4) is 0 Å². The van der Waals surface area contributed by atoms with Gasteiger partial charge in [-0.15, -0.1) is 0 Å². The zero-order valence-corrected chi connectivity index (χ0v) is 14.3. The Balaban J connectivity index is 2.12. The molecule has 0 aliphatic heterocycles. The third kappa shape index (κ3) is 2.68. The first-order valence-electron chi connectivity index (χ1n) is 8.12. The Morgan fingerprint density at radius 3 is 2.30 bits per heavy atom. The van der Waals surface area contributed by atoms with Crippen LogP contribution in [0.4, 0.5) is 0 Å². The molecule has 0 saturated carbocycles. The van der Waals surface area contributed by atoms with Crippen molar-refractivity contribution < 1.29 is 0 Å². The Morgan fingerprint density at radius 1 is 0.870 bits per heavy atom. The lowest BCUT2D eigenvalue weighted by Gasteiger charge is -2.16. The summed E-state index contributed by atoms with van der Waals surface area (Å²) in [6, 6.07) is 12.5. The third-order valence-electron chi connectivity index (χ3n) is 5.01. The lowest BCUT2D eigenvalue weighted by Crippen LogP contribution is -2.08. The van der Waals surface area contributed by atoms with Crippen LogP contribution in [-0.2, 0) is 0 Å². The highest BCUT2D eigenvalue weighted by molar-refractivity contribution is 6.14. The van der Waals surface area contributed by atoms with Crippen LogP contribution in [0, 0.1) is 26.2 Å². The predicted molar refractivity (Wildman–Crippen MR) is 99.4 cm³/mol. The van der Waals surface area contributed by atoms with Gasteiger partial charge in [0, 0.05) is 11.1 Å². The number of allylic oxidation sites excluding steroid dienone is 4. The van der Waals surface area contributed by atoms with E-state index in [-0.39, 0.29) is 0 Å². The molecule has 0 amide bonds. The highest BCUT2D eigenvalue weighted by atomic mass is 14.4. The molecule has 1 aliphatic rings. The summed E-state index contributed by atoms with van der Waals surface area (Å²) >= 11 is 0. The first-order chi connectivity index (χ1) is 11.0. The molecule has 0 aromatic heterocycles. The van der Waals surface area contributed by atoms with Crippen LogP contribution in [0.3, 0.4) is 0 Å². The molecule has 1 nitrogen and oxygen atoms in total. The summed E-state index contributed by atoms with van der Waals surface area (Å²) in [5.74, 6) is 0. The van der Waals surface area contributed by atoms with E-state index in [0.717, 1.165) is 17.5 Å². The van der Waals surface area contributed by atoms with Gasteiger partial charge in [-0.25, -0.2) is 0 Å². The second kappa shape index (κ2) is 6.00. The number of hydrogen-bond donors (Lipinski definition) is 1. The van der Waals surface area contributed by atoms with Crippen LogP contribution in [0.5, 0.6) is 0 Å². The van der Waals surface area contributed by atoms with Crippen molar-refractivity contribution in [3.05, 3.63) is 87.5 Å². The van der Waals surface area contributed by atoms with E-state index in [1.165, 1.54) is 33.4 Å². The summed E-state index contributed by atoms with van der Waals surface area (Å²) in [5, 5.41) is 8.81. The second-order valence-electron chi connectivity index (χ2n) is 6.37. The summed E-state index contributed by atoms with van der Waals surface area (Å²) in [5.41, 5.74) is 10.3. The van der Waals surface area contributed by atoms with Crippen LogP contribution in [0.1, 0.15) is 46.7 Å². The highest BCUT2D eigenvalue weighted by Crippen LogP contribution is 2.32. The topological polar surface area (TPSA) is 23.9 Å². The first kappa shape index (κ1) is 15.5. The molecule has 1 N–H and O–H groups in total. The van der Waals surface area contributed by atoms with E-state index in [1.54, 1.807) is 0 Å². The fourth-order valence-corrected chi connectivity index (χ4v) is 3.27. The Kier molecular flexibility index (Phi) is 4.04. The van der Waals surface area contributed by atoms with Crippen molar-refractivity contribution in [2.75, 3.05) is 0 Å². The third-order valence-corrected chi connectivity index (χ3v) is 5.01. The van der Waals surface area contributed by atoms with Crippen molar-refractivity contribution in [2.45, 2.75) is 34.1 Å². The van der Waals surface area contributed by atoms with Crippen LogP contribution in [0.15, 0.2) is 54.1 Å². The molecule has 0 atom stereocenters. The molecular weight excluding hydrogens is 278 g/mol. The Hall–Kier alpha value is -2.41. The van der Waals surface area contributed by atoms with Gasteiger partial charge >= 0.3 is 0 Å². The normalized spacial score (nSPS) is 13.7. The van der Waals surface area contributed by atoms with E-state index in [9.17, 15) is 0 Å². The molecule has 2 aromatic rings. The fraction of sp³-hybridized carbons (Fsp3) is 0.227. The van der Waals surface area contributed by atoms with Crippen molar-refractivity contribution in [3.63, 3.8) is 0 Å². The molecule has 0 radical (unpaired) electrons. The number of rotatable bonds is 3. The average Bonchev–Trinajstić information content (AvgIpc) is 2.98. The minimum absolute atomic E-state index is 0.619. The molecule has 2 aromatic carbocycles. The van der Waals surface area contributed by atoms with Gasteiger partial charge in [0.15, 0.2) is 0 Å². The maximum Gasteiger partial charge on any atom is 0.0693 e. The lowest BCUT2D eigenvalue weighted by molar-refractivity contribution is 1.25. The summed E-state index contributed by atoms with van der Waals surface area (Å²) in [6.07, 6.45) is 5.34. The van der Waals surface area contributed by atoms with E-state index < -0.39 is 0 Å². The molecule has 116 valence electrons. The van der Waals surface area contributed by atoms with Crippen molar-refractivity contribution in [1.29, 1.82) is 5.41 Å². The van der Waals surface area contributed by atoms with E-state index in [2.05, 4.69) is 70.2 Å². The van der Waals surface area contributed by atoms with Crippen molar-refractivity contribution in [2.24, 2.45) is 0 Å². The molecule has 0 heterocycles. The van der Waals surface area contributed by atoms with E-state index >= 15 is 0 Å². The molecule has 3 rings (SSSR count). The molecule has 0 bridgehead atoms. The fourth-order valence-electron chi connectivity index (χ4n) is 3.27. The van der Waals surface area contributed by atoms with Gasteiger partial charge in [-0.3, -0.25) is 5.41 Å². The van der Waals surface area contributed by atoms with Gasteiger partial charge in [-0.05, 0) is 67.5 Å². The monoisotopic (exact) mass is 301 g/mol. The van der Waals surface area contributed by atoms with Crippen LogP contribution >= 0.6 is 0 Å². The zero-order chi connectivity index (χ0) is 16.6. The lowest BCUT2D eigenvalue weighted by atomic mass is 9.88. The highest BCUT2D eigenvalue weighted by Gasteiger charge is 2.17. The van der Waals surface area contributed by atoms with Gasteiger partial charge < -0.3 is 0 Å². The molecule has 1 heteroatoms. The Bertz CT molecular complexity index is 850. The van der Waals surface area contributed by atoms with Gasteiger partial charge in [0.2, 0.25) is 0 Å². The molecule has 0 spiro atoms. The quantitative estimate of drug-likeness (QED) is 0.697. The van der Waals surface area contributed by atoms with Crippen LogP contribution < -0.4 is 0 Å². The Labute approximate surface area is 138 Å². The van der Waals surface area contributed by atoms with E-state index in [4.69, 9.17) is 5.41 Å². The van der Waals surface area contributed by atoms with Crippen LogP contribution in [0.2, 0.25) is 0 Å². The Morgan fingerprint density at radius 2 is 1.61 bits per heavy atom. The summed E-state index contributed by atoms with van der Waals surface area (Å²) in [4.78, 5) is 0. The predicted octanol–water partition coefficient (Wildman–Crippen LogP) is 5.76. The van der Waals surface area contributed by atoms with Crippen LogP contribution in [0.25, 0.3) is 5.57 Å².